The predicted molar refractivity (Wildman–Crippen MR) is 108 cm³/mol. The van der Waals surface area contributed by atoms with Crippen LogP contribution in [0, 0.1) is 6.92 Å². The molecule has 0 aliphatic carbocycles. The second-order valence-corrected chi connectivity index (χ2v) is 7.11. The first-order chi connectivity index (χ1) is 13.2. The van der Waals surface area contributed by atoms with E-state index in [2.05, 4.69) is 49.5 Å². The van der Waals surface area contributed by atoms with Gasteiger partial charge in [0.1, 0.15) is 5.82 Å². The molecule has 0 unspecified atom stereocenters. The predicted octanol–water partition coefficient (Wildman–Crippen LogP) is 1.04. The van der Waals surface area contributed by atoms with Crippen molar-refractivity contribution >= 4 is 17.7 Å². The van der Waals surface area contributed by atoms with Crippen molar-refractivity contribution in [2.75, 3.05) is 73.6 Å². The highest BCUT2D eigenvalue weighted by molar-refractivity contribution is 5.48. The van der Waals surface area contributed by atoms with Crippen LogP contribution in [0.1, 0.15) is 12.6 Å². The molecule has 2 fully saturated rings. The minimum atomic E-state index is 0.811. The van der Waals surface area contributed by atoms with Crippen molar-refractivity contribution in [3.63, 3.8) is 0 Å². The highest BCUT2D eigenvalue weighted by Crippen LogP contribution is 2.21. The summed E-state index contributed by atoms with van der Waals surface area (Å²) >= 11 is 0. The van der Waals surface area contributed by atoms with Crippen molar-refractivity contribution in [2.45, 2.75) is 13.8 Å². The normalized spacial score (nSPS) is 18.8. The van der Waals surface area contributed by atoms with Crippen LogP contribution in [0.3, 0.4) is 0 Å². The molecule has 8 heteroatoms. The highest BCUT2D eigenvalue weighted by atomic mass is 15.4. The lowest BCUT2D eigenvalue weighted by atomic mass is 10.3. The molecular formula is C19H28N8. The summed E-state index contributed by atoms with van der Waals surface area (Å²) in [5.74, 6) is 2.71. The van der Waals surface area contributed by atoms with Crippen LogP contribution in [0.5, 0.6) is 0 Å². The molecule has 2 aliphatic heterocycles. The zero-order valence-corrected chi connectivity index (χ0v) is 16.3. The lowest BCUT2D eigenvalue weighted by Crippen LogP contribution is -2.48. The topological polar surface area (TPSA) is 64.5 Å². The van der Waals surface area contributed by atoms with Crippen LogP contribution >= 0.6 is 0 Å². The lowest BCUT2D eigenvalue weighted by molar-refractivity contribution is 0.270. The number of anilines is 3. The highest BCUT2D eigenvalue weighted by Gasteiger charge is 2.23. The Morgan fingerprint density at radius 1 is 0.778 bits per heavy atom. The standard InChI is InChI=1S/C19H28N8/c1-3-24-7-9-27(10-8-24)19-22-16(2)15-17(23-19)25-11-13-26(14-12-25)18-20-5-4-6-21-18/h4-6,15H,3,7-14H2,1-2H3. The summed E-state index contributed by atoms with van der Waals surface area (Å²) in [5, 5.41) is 0. The molecule has 4 rings (SSSR count). The van der Waals surface area contributed by atoms with Gasteiger partial charge < -0.3 is 19.6 Å². The van der Waals surface area contributed by atoms with E-state index in [0.717, 1.165) is 82.3 Å². The van der Waals surface area contributed by atoms with Crippen LogP contribution in [-0.2, 0) is 0 Å². The van der Waals surface area contributed by atoms with Crippen molar-refractivity contribution in [2.24, 2.45) is 0 Å². The third-order valence-corrected chi connectivity index (χ3v) is 5.37. The number of hydrogen-bond acceptors (Lipinski definition) is 8. The smallest absolute Gasteiger partial charge is 0.227 e. The first kappa shape index (κ1) is 17.9. The van der Waals surface area contributed by atoms with Gasteiger partial charge in [-0.2, -0.15) is 4.98 Å². The molecule has 0 aromatic carbocycles. The Balaban J connectivity index is 1.43. The van der Waals surface area contributed by atoms with Gasteiger partial charge in [0.25, 0.3) is 0 Å². The molecule has 27 heavy (non-hydrogen) atoms. The maximum atomic E-state index is 4.90. The third kappa shape index (κ3) is 4.10. The molecule has 2 saturated heterocycles. The Morgan fingerprint density at radius 3 is 2.04 bits per heavy atom. The number of piperazine rings is 2. The number of rotatable bonds is 4. The number of hydrogen-bond donors (Lipinski definition) is 0. The van der Waals surface area contributed by atoms with Crippen LogP contribution in [0.15, 0.2) is 24.5 Å². The second-order valence-electron chi connectivity index (χ2n) is 7.11. The molecular weight excluding hydrogens is 340 g/mol. The molecule has 0 radical (unpaired) electrons. The van der Waals surface area contributed by atoms with Gasteiger partial charge in [0, 0.05) is 76.5 Å². The second kappa shape index (κ2) is 8.04. The van der Waals surface area contributed by atoms with Gasteiger partial charge in [-0.15, -0.1) is 0 Å². The van der Waals surface area contributed by atoms with Crippen molar-refractivity contribution < 1.29 is 0 Å². The van der Waals surface area contributed by atoms with E-state index in [9.17, 15) is 0 Å². The van der Waals surface area contributed by atoms with Gasteiger partial charge in [0.2, 0.25) is 11.9 Å². The Labute approximate surface area is 160 Å². The number of nitrogens with zero attached hydrogens (tertiary/aromatic N) is 8. The maximum Gasteiger partial charge on any atom is 0.227 e. The van der Waals surface area contributed by atoms with Gasteiger partial charge >= 0.3 is 0 Å². The maximum absolute atomic E-state index is 4.90. The van der Waals surface area contributed by atoms with E-state index in [1.165, 1.54) is 0 Å². The molecule has 0 saturated carbocycles. The Morgan fingerprint density at radius 2 is 1.37 bits per heavy atom. The Kier molecular flexibility index (Phi) is 5.33. The van der Waals surface area contributed by atoms with E-state index < -0.39 is 0 Å². The van der Waals surface area contributed by atoms with Gasteiger partial charge in [-0.3, -0.25) is 0 Å². The van der Waals surface area contributed by atoms with Gasteiger partial charge in [-0.05, 0) is 19.5 Å². The molecule has 0 amide bonds. The van der Waals surface area contributed by atoms with Crippen molar-refractivity contribution in [1.82, 2.24) is 24.8 Å². The van der Waals surface area contributed by atoms with Crippen LogP contribution < -0.4 is 14.7 Å². The number of likely N-dealkylation sites (N-methyl/N-ethyl adjacent to an activating group) is 1. The number of aromatic nitrogens is 4. The molecule has 0 spiro atoms. The zero-order valence-electron chi connectivity index (χ0n) is 16.3. The number of aryl methyl sites for hydroxylation is 1. The van der Waals surface area contributed by atoms with Crippen molar-refractivity contribution in [3.05, 3.63) is 30.2 Å². The largest absolute Gasteiger partial charge is 0.353 e. The van der Waals surface area contributed by atoms with E-state index in [-0.39, 0.29) is 0 Å². The van der Waals surface area contributed by atoms with Crippen LogP contribution in [0.2, 0.25) is 0 Å². The molecule has 2 aromatic rings. The molecule has 8 nitrogen and oxygen atoms in total. The SMILES string of the molecule is CCN1CCN(c2nc(C)cc(N3CCN(c4ncccn4)CC3)n2)CC1. The van der Waals surface area contributed by atoms with Crippen LogP contribution in [0.25, 0.3) is 0 Å². The molecule has 144 valence electrons. The minimum absolute atomic E-state index is 0.811. The first-order valence-electron chi connectivity index (χ1n) is 9.83. The fourth-order valence-corrected chi connectivity index (χ4v) is 3.69. The van der Waals surface area contributed by atoms with E-state index in [1.807, 2.05) is 6.07 Å². The zero-order chi connectivity index (χ0) is 18.6. The lowest BCUT2D eigenvalue weighted by Gasteiger charge is -2.37. The van der Waals surface area contributed by atoms with E-state index in [4.69, 9.17) is 9.97 Å². The van der Waals surface area contributed by atoms with Crippen LogP contribution in [0.4, 0.5) is 17.7 Å². The molecule has 2 aliphatic rings. The molecule has 0 bridgehead atoms. The van der Waals surface area contributed by atoms with Crippen molar-refractivity contribution in [3.8, 4) is 0 Å². The van der Waals surface area contributed by atoms with Crippen molar-refractivity contribution in [1.29, 1.82) is 0 Å². The van der Waals surface area contributed by atoms with E-state index in [0.29, 0.717) is 0 Å². The Bertz CT molecular complexity index is 737. The molecule has 0 atom stereocenters. The fourth-order valence-electron chi connectivity index (χ4n) is 3.69. The first-order valence-corrected chi connectivity index (χ1v) is 9.83. The molecule has 0 N–H and O–H groups in total. The summed E-state index contributed by atoms with van der Waals surface area (Å²) in [5.41, 5.74) is 1.03. The third-order valence-electron chi connectivity index (χ3n) is 5.37. The van der Waals surface area contributed by atoms with Gasteiger partial charge in [0.05, 0.1) is 0 Å². The summed E-state index contributed by atoms with van der Waals surface area (Å²) in [4.78, 5) is 27.7. The molecule has 4 heterocycles. The quantitative estimate of drug-likeness (QED) is 0.793. The van der Waals surface area contributed by atoms with E-state index >= 15 is 0 Å². The van der Waals surface area contributed by atoms with Gasteiger partial charge in [0.15, 0.2) is 0 Å². The summed E-state index contributed by atoms with van der Waals surface area (Å²) in [6.07, 6.45) is 3.60. The average Bonchev–Trinajstić information content (AvgIpc) is 2.74. The molecule has 2 aromatic heterocycles. The summed E-state index contributed by atoms with van der Waals surface area (Å²) < 4.78 is 0. The van der Waals surface area contributed by atoms with Crippen LogP contribution in [-0.4, -0.2) is 83.7 Å². The summed E-state index contributed by atoms with van der Waals surface area (Å²) in [6, 6.07) is 3.95. The minimum Gasteiger partial charge on any atom is -0.353 e. The van der Waals surface area contributed by atoms with E-state index in [1.54, 1.807) is 12.4 Å². The monoisotopic (exact) mass is 368 g/mol. The fraction of sp³-hybridized carbons (Fsp3) is 0.579. The summed E-state index contributed by atoms with van der Waals surface area (Å²) in [6.45, 7) is 13.2. The Hall–Kier alpha value is -2.48. The van der Waals surface area contributed by atoms with Gasteiger partial charge in [-0.1, -0.05) is 6.92 Å². The summed E-state index contributed by atoms with van der Waals surface area (Å²) in [7, 11) is 0. The van der Waals surface area contributed by atoms with Gasteiger partial charge in [-0.25, -0.2) is 15.0 Å². The average molecular weight is 368 g/mol.